The van der Waals surface area contributed by atoms with Crippen LogP contribution in [0.25, 0.3) is 0 Å². The number of methoxy groups -OCH3 is 2. The second kappa shape index (κ2) is 14.9. The van der Waals surface area contributed by atoms with Crippen LogP contribution in [-0.4, -0.2) is 75.4 Å². The van der Waals surface area contributed by atoms with E-state index in [4.69, 9.17) is 18.9 Å². The van der Waals surface area contributed by atoms with Gasteiger partial charge < -0.3 is 18.9 Å². The quantitative estimate of drug-likeness (QED) is 0.364. The number of nitrogens with zero attached hydrogens (tertiary/aromatic N) is 4. The van der Waals surface area contributed by atoms with Crippen molar-refractivity contribution >= 4 is 11.9 Å². The zero-order chi connectivity index (χ0) is 29.1. The van der Waals surface area contributed by atoms with Crippen molar-refractivity contribution in [2.24, 2.45) is 11.8 Å². The third kappa shape index (κ3) is 7.09. The molecule has 0 bridgehead atoms. The highest BCUT2D eigenvalue weighted by Crippen LogP contribution is 2.36. The van der Waals surface area contributed by atoms with Crippen LogP contribution in [0.4, 0.5) is 0 Å². The fraction of sp³-hybridized carbons (Fsp3) is 0.467. The summed E-state index contributed by atoms with van der Waals surface area (Å²) in [6, 6.07) is 17.8. The van der Waals surface area contributed by atoms with Crippen LogP contribution in [0.1, 0.15) is 37.1 Å². The summed E-state index contributed by atoms with van der Waals surface area (Å²) >= 11 is 0. The van der Waals surface area contributed by atoms with Gasteiger partial charge in [0.25, 0.3) is 0 Å². The zero-order valence-corrected chi connectivity index (χ0v) is 23.4. The number of benzene rings is 2. The first-order valence-corrected chi connectivity index (χ1v) is 13.3. The van der Waals surface area contributed by atoms with Crippen LogP contribution in [0.3, 0.4) is 0 Å². The molecule has 0 aliphatic carbocycles. The molecule has 0 unspecified atom stereocenters. The summed E-state index contributed by atoms with van der Waals surface area (Å²) in [6.07, 6.45) is 0. The van der Waals surface area contributed by atoms with Crippen LogP contribution in [0.15, 0.2) is 48.5 Å². The topological polar surface area (TPSA) is 125 Å². The van der Waals surface area contributed by atoms with Crippen LogP contribution < -0.4 is 9.47 Å². The molecule has 0 N–H and O–H groups in total. The van der Waals surface area contributed by atoms with E-state index in [-0.39, 0.29) is 13.2 Å². The molecule has 40 heavy (non-hydrogen) atoms. The SMILES string of the molecule is CCOC(=O)[C@@H](C#N)[C@@H](c1ccc(OC)cc1)N1CCN([C@@H](c2ccc(OC)cc2)[C@@H](C#N)C(=O)OCC)CC1. The lowest BCUT2D eigenvalue weighted by Gasteiger charge is -2.43. The maximum Gasteiger partial charge on any atom is 0.325 e. The first kappa shape index (κ1) is 30.4. The van der Waals surface area contributed by atoms with Gasteiger partial charge in [0, 0.05) is 26.2 Å². The first-order valence-electron chi connectivity index (χ1n) is 13.3. The van der Waals surface area contributed by atoms with Crippen molar-refractivity contribution in [2.75, 3.05) is 53.6 Å². The number of ether oxygens (including phenoxy) is 4. The number of carbonyl (C=O) groups excluding carboxylic acids is 2. The van der Waals surface area contributed by atoms with Crippen LogP contribution in [-0.2, 0) is 19.1 Å². The molecule has 1 heterocycles. The molecule has 1 aliphatic rings. The molecule has 2 aromatic carbocycles. The number of carbonyl (C=O) groups is 2. The Morgan fingerprint density at radius 1 is 0.700 bits per heavy atom. The number of esters is 2. The minimum Gasteiger partial charge on any atom is -0.497 e. The van der Waals surface area contributed by atoms with Crippen LogP contribution in [0.5, 0.6) is 11.5 Å². The van der Waals surface area contributed by atoms with Gasteiger partial charge in [0.2, 0.25) is 0 Å². The van der Waals surface area contributed by atoms with Gasteiger partial charge in [-0.3, -0.25) is 19.4 Å². The molecule has 2 aromatic rings. The van der Waals surface area contributed by atoms with Gasteiger partial charge in [0.15, 0.2) is 11.8 Å². The minimum atomic E-state index is -1.04. The van der Waals surface area contributed by atoms with Gasteiger partial charge in [-0.05, 0) is 49.2 Å². The highest BCUT2D eigenvalue weighted by Gasteiger charge is 2.41. The molecule has 4 atom stereocenters. The summed E-state index contributed by atoms with van der Waals surface area (Å²) in [5.41, 5.74) is 1.59. The zero-order valence-electron chi connectivity index (χ0n) is 23.4. The monoisotopic (exact) mass is 548 g/mol. The summed E-state index contributed by atoms with van der Waals surface area (Å²) in [6.45, 7) is 5.72. The molecule has 10 nitrogen and oxygen atoms in total. The third-order valence-corrected chi connectivity index (χ3v) is 7.04. The molecule has 1 saturated heterocycles. The Bertz CT molecular complexity index is 1100. The second-order valence-electron chi connectivity index (χ2n) is 9.23. The predicted molar refractivity (Wildman–Crippen MR) is 146 cm³/mol. The van der Waals surface area contributed by atoms with Gasteiger partial charge in [0.1, 0.15) is 11.5 Å². The molecule has 1 fully saturated rings. The summed E-state index contributed by atoms with van der Waals surface area (Å²) in [4.78, 5) is 29.8. The predicted octanol–water partition coefficient (Wildman–Crippen LogP) is 3.51. The van der Waals surface area contributed by atoms with Gasteiger partial charge in [-0.25, -0.2) is 0 Å². The lowest BCUT2D eigenvalue weighted by Crippen LogP contribution is -2.52. The van der Waals surface area contributed by atoms with Crippen molar-refractivity contribution in [3.8, 4) is 23.6 Å². The van der Waals surface area contributed by atoms with Crippen molar-refractivity contribution in [3.05, 3.63) is 59.7 Å². The fourth-order valence-electron chi connectivity index (χ4n) is 5.09. The summed E-state index contributed by atoms with van der Waals surface area (Å²) in [7, 11) is 3.15. The van der Waals surface area contributed by atoms with Gasteiger partial charge in [-0.1, -0.05) is 24.3 Å². The first-order chi connectivity index (χ1) is 19.4. The molecule has 212 valence electrons. The molecule has 1 aliphatic heterocycles. The molecule has 0 saturated carbocycles. The standard InChI is InChI=1S/C30H36N4O6/c1-5-39-29(35)25(19-31)27(21-7-11-23(37-3)12-8-21)33-15-17-34(18-16-33)28(26(20-32)30(36)40-6-2)22-9-13-24(38-4)14-10-22/h7-14,25-28H,5-6,15-18H2,1-4H3/t25-,26+,27+,28-. The Balaban J connectivity index is 1.92. The van der Waals surface area contributed by atoms with Gasteiger partial charge in [0.05, 0.1) is 51.7 Å². The maximum absolute atomic E-state index is 12.8. The molecular weight excluding hydrogens is 512 g/mol. The fourth-order valence-corrected chi connectivity index (χ4v) is 5.09. The van der Waals surface area contributed by atoms with Crippen molar-refractivity contribution in [2.45, 2.75) is 25.9 Å². The smallest absolute Gasteiger partial charge is 0.325 e. The molecule has 0 amide bonds. The second-order valence-corrected chi connectivity index (χ2v) is 9.23. The molecule has 0 radical (unpaired) electrons. The molecule has 3 rings (SSSR count). The van der Waals surface area contributed by atoms with E-state index >= 15 is 0 Å². The highest BCUT2D eigenvalue weighted by molar-refractivity contribution is 5.77. The number of hydrogen-bond acceptors (Lipinski definition) is 10. The maximum atomic E-state index is 12.8. The minimum absolute atomic E-state index is 0.174. The normalized spacial score (nSPS) is 16.9. The Morgan fingerprint density at radius 2 is 1.02 bits per heavy atom. The summed E-state index contributed by atoms with van der Waals surface area (Å²) in [5, 5.41) is 20.0. The summed E-state index contributed by atoms with van der Waals surface area (Å²) in [5.74, 6) is -1.89. The highest BCUT2D eigenvalue weighted by atomic mass is 16.5. The molecular formula is C30H36N4O6. The van der Waals surface area contributed by atoms with Crippen LogP contribution >= 0.6 is 0 Å². The van der Waals surface area contributed by atoms with Gasteiger partial charge in [-0.2, -0.15) is 10.5 Å². The Hall–Kier alpha value is -4.12. The lowest BCUT2D eigenvalue weighted by molar-refractivity contribution is -0.150. The van der Waals surface area contributed by atoms with E-state index in [2.05, 4.69) is 21.9 Å². The molecule has 0 aromatic heterocycles. The average Bonchev–Trinajstić information content (AvgIpc) is 2.99. The lowest BCUT2D eigenvalue weighted by atomic mass is 9.90. The van der Waals surface area contributed by atoms with Crippen LogP contribution in [0, 0.1) is 34.5 Å². The summed E-state index contributed by atoms with van der Waals surface area (Å²) < 4.78 is 21.1. The van der Waals surface area contributed by atoms with Crippen molar-refractivity contribution in [1.82, 2.24) is 9.80 Å². The van der Waals surface area contributed by atoms with Crippen molar-refractivity contribution in [3.63, 3.8) is 0 Å². The third-order valence-electron chi connectivity index (χ3n) is 7.04. The Labute approximate surface area is 235 Å². The number of nitriles is 2. The largest absolute Gasteiger partial charge is 0.497 e. The van der Waals surface area contributed by atoms with E-state index < -0.39 is 35.9 Å². The van der Waals surface area contributed by atoms with E-state index in [1.54, 1.807) is 52.3 Å². The van der Waals surface area contributed by atoms with E-state index in [9.17, 15) is 20.1 Å². The Morgan fingerprint density at radius 3 is 1.27 bits per heavy atom. The van der Waals surface area contributed by atoms with Crippen molar-refractivity contribution < 1.29 is 28.5 Å². The molecule has 10 heteroatoms. The van der Waals surface area contributed by atoms with Gasteiger partial charge in [-0.15, -0.1) is 0 Å². The van der Waals surface area contributed by atoms with Crippen LogP contribution in [0.2, 0.25) is 0 Å². The van der Waals surface area contributed by atoms with E-state index in [1.807, 2.05) is 24.3 Å². The number of rotatable bonds is 12. The Kier molecular flexibility index (Phi) is 11.3. The van der Waals surface area contributed by atoms with E-state index in [0.29, 0.717) is 37.7 Å². The number of hydrogen-bond donors (Lipinski definition) is 0. The number of piperazine rings is 1. The molecule has 0 spiro atoms. The van der Waals surface area contributed by atoms with E-state index in [0.717, 1.165) is 11.1 Å². The average molecular weight is 549 g/mol. The van der Waals surface area contributed by atoms with Gasteiger partial charge >= 0.3 is 11.9 Å². The van der Waals surface area contributed by atoms with Crippen molar-refractivity contribution in [1.29, 1.82) is 10.5 Å². The van der Waals surface area contributed by atoms with E-state index in [1.165, 1.54) is 0 Å².